The molecule has 11 rings (SSSR count). The number of hydrogen-bond donors (Lipinski definition) is 0. The van der Waals surface area contributed by atoms with Crippen molar-refractivity contribution in [3.05, 3.63) is 174 Å². The van der Waals surface area contributed by atoms with E-state index in [0.29, 0.717) is 0 Å². The standard InChI is InChI=1S/C50H33N/c1-30-19-21-32(22-20-30)23-24-33-25-27-36(28-26-33)51(43-18-4-3-9-31(43)2)50-41-16-7-14-39-37-12-5-10-34-29-35-11-6-13-38-40-15-8-17-42(50)47(40)49(46(39)41)48(44(34)37)45(35)38/h3-29H,1-2H3. The Morgan fingerprint density at radius 1 is 0.392 bits per heavy atom. The predicted molar refractivity (Wildman–Crippen MR) is 222 cm³/mol. The summed E-state index contributed by atoms with van der Waals surface area (Å²) in [4.78, 5) is 2.52. The summed E-state index contributed by atoms with van der Waals surface area (Å²) in [5.74, 6) is 0. The van der Waals surface area contributed by atoms with Crippen LogP contribution >= 0.6 is 0 Å². The molecule has 0 radical (unpaired) electrons. The average molecular weight is 648 g/mol. The zero-order valence-electron chi connectivity index (χ0n) is 28.5. The topological polar surface area (TPSA) is 3.24 Å². The first-order valence-corrected chi connectivity index (χ1v) is 17.9. The van der Waals surface area contributed by atoms with Crippen LogP contribution in [0.3, 0.4) is 0 Å². The fraction of sp³-hybridized carbons (Fsp3) is 0.0400. The van der Waals surface area contributed by atoms with Crippen molar-refractivity contribution >= 4 is 105 Å². The van der Waals surface area contributed by atoms with Crippen molar-refractivity contribution in [3.63, 3.8) is 0 Å². The summed E-state index contributed by atoms with van der Waals surface area (Å²) < 4.78 is 0. The zero-order valence-corrected chi connectivity index (χ0v) is 28.5. The van der Waals surface area contributed by atoms with E-state index in [9.17, 15) is 0 Å². The van der Waals surface area contributed by atoms with Gasteiger partial charge in [0.25, 0.3) is 0 Å². The van der Waals surface area contributed by atoms with Crippen molar-refractivity contribution in [2.75, 3.05) is 4.90 Å². The monoisotopic (exact) mass is 647 g/mol. The van der Waals surface area contributed by atoms with Crippen molar-refractivity contribution in [1.82, 2.24) is 0 Å². The van der Waals surface area contributed by atoms with E-state index in [2.05, 4.69) is 183 Å². The Morgan fingerprint density at radius 3 is 1.43 bits per heavy atom. The van der Waals surface area contributed by atoms with Crippen molar-refractivity contribution in [1.29, 1.82) is 0 Å². The Morgan fingerprint density at radius 2 is 0.863 bits per heavy atom. The van der Waals surface area contributed by atoms with Crippen LogP contribution < -0.4 is 4.90 Å². The molecule has 0 atom stereocenters. The number of aryl methyl sites for hydroxylation is 2. The molecule has 1 heteroatoms. The molecule has 51 heavy (non-hydrogen) atoms. The van der Waals surface area contributed by atoms with Crippen LogP contribution in [0.5, 0.6) is 0 Å². The second-order valence-electron chi connectivity index (χ2n) is 14.2. The molecular weight excluding hydrogens is 615 g/mol. The highest BCUT2D eigenvalue weighted by atomic mass is 15.1. The molecule has 0 bridgehead atoms. The van der Waals surface area contributed by atoms with E-state index in [-0.39, 0.29) is 0 Å². The van der Waals surface area contributed by atoms with Gasteiger partial charge in [-0.3, -0.25) is 0 Å². The molecule has 0 saturated heterocycles. The van der Waals surface area contributed by atoms with E-state index in [0.717, 1.165) is 5.69 Å². The zero-order chi connectivity index (χ0) is 33.8. The maximum absolute atomic E-state index is 2.52. The molecule has 0 saturated carbocycles. The summed E-state index contributed by atoms with van der Waals surface area (Å²) >= 11 is 0. The van der Waals surface area contributed by atoms with Crippen molar-refractivity contribution in [3.8, 4) is 0 Å². The highest BCUT2D eigenvalue weighted by molar-refractivity contribution is 6.50. The molecule has 0 aliphatic rings. The molecule has 238 valence electrons. The summed E-state index contributed by atoms with van der Waals surface area (Å²) in [5, 5.41) is 18.7. The summed E-state index contributed by atoms with van der Waals surface area (Å²) in [6.45, 7) is 4.36. The number of fused-ring (bicyclic) bond motifs is 2. The normalized spacial score (nSPS) is 12.4. The minimum absolute atomic E-state index is 1.14. The molecule has 11 aromatic carbocycles. The Hall–Kier alpha value is -6.44. The number of benzene rings is 11. The third kappa shape index (κ3) is 3.98. The molecule has 0 N–H and O–H groups in total. The lowest BCUT2D eigenvalue weighted by molar-refractivity contribution is 1.27. The first-order chi connectivity index (χ1) is 25.1. The van der Waals surface area contributed by atoms with E-state index in [1.165, 1.54) is 109 Å². The van der Waals surface area contributed by atoms with Gasteiger partial charge in [-0.1, -0.05) is 145 Å². The van der Waals surface area contributed by atoms with E-state index in [1.54, 1.807) is 0 Å². The van der Waals surface area contributed by atoms with Crippen LogP contribution in [0.25, 0.3) is 87.6 Å². The van der Waals surface area contributed by atoms with Crippen LogP contribution in [0.4, 0.5) is 17.1 Å². The average Bonchev–Trinajstić information content (AvgIpc) is 3.17. The van der Waals surface area contributed by atoms with E-state index >= 15 is 0 Å². The van der Waals surface area contributed by atoms with Gasteiger partial charge >= 0.3 is 0 Å². The third-order valence-electron chi connectivity index (χ3n) is 11.3. The summed E-state index contributed by atoms with van der Waals surface area (Å²) in [5.41, 5.74) is 8.44. The number of para-hydroxylation sites is 1. The lowest BCUT2D eigenvalue weighted by Gasteiger charge is -2.32. The first kappa shape index (κ1) is 28.4. The molecule has 0 aliphatic carbocycles. The fourth-order valence-electron chi connectivity index (χ4n) is 8.99. The SMILES string of the molecule is Cc1ccc(C=Cc2ccc(N(c3ccccc3C)c3c4cccc5c6cccc7cc8cccc9c%10cccc3c%10c(c45)c(c76)c89)cc2)cc1. The Bertz CT molecular complexity index is 3000. The molecule has 0 spiro atoms. The lowest BCUT2D eigenvalue weighted by atomic mass is 9.80. The van der Waals surface area contributed by atoms with Gasteiger partial charge in [0.05, 0.1) is 5.69 Å². The van der Waals surface area contributed by atoms with Gasteiger partial charge in [0.2, 0.25) is 0 Å². The van der Waals surface area contributed by atoms with Gasteiger partial charge in [0.15, 0.2) is 0 Å². The van der Waals surface area contributed by atoms with Gasteiger partial charge in [-0.25, -0.2) is 0 Å². The maximum Gasteiger partial charge on any atom is 0.0619 e. The van der Waals surface area contributed by atoms with E-state index in [1.807, 2.05) is 0 Å². The fourth-order valence-corrected chi connectivity index (χ4v) is 8.99. The number of nitrogens with zero attached hydrogens (tertiary/aromatic N) is 1. The van der Waals surface area contributed by atoms with Gasteiger partial charge in [0.1, 0.15) is 0 Å². The summed E-state index contributed by atoms with van der Waals surface area (Å²) in [7, 11) is 0. The molecule has 0 aliphatic heterocycles. The van der Waals surface area contributed by atoms with Crippen LogP contribution in [0.2, 0.25) is 0 Å². The molecular formula is C50H33N. The number of anilines is 3. The van der Waals surface area contributed by atoms with Crippen LogP contribution in [0, 0.1) is 13.8 Å². The molecule has 11 aromatic rings. The van der Waals surface area contributed by atoms with Crippen molar-refractivity contribution < 1.29 is 0 Å². The molecule has 0 aromatic heterocycles. The van der Waals surface area contributed by atoms with Crippen LogP contribution in [-0.2, 0) is 0 Å². The minimum atomic E-state index is 1.14. The molecule has 0 amide bonds. The van der Waals surface area contributed by atoms with Crippen molar-refractivity contribution in [2.24, 2.45) is 0 Å². The van der Waals surface area contributed by atoms with Gasteiger partial charge in [-0.15, -0.1) is 0 Å². The Kier molecular flexibility index (Phi) is 5.86. The number of rotatable bonds is 5. The Labute approximate surface area is 296 Å². The third-order valence-corrected chi connectivity index (χ3v) is 11.3. The second kappa shape index (κ2) is 10.5. The second-order valence-corrected chi connectivity index (χ2v) is 14.2. The molecule has 0 fully saturated rings. The highest BCUT2D eigenvalue weighted by Crippen LogP contribution is 2.55. The first-order valence-electron chi connectivity index (χ1n) is 17.9. The quantitative estimate of drug-likeness (QED) is 0.102. The molecule has 0 unspecified atom stereocenters. The molecule has 1 nitrogen and oxygen atoms in total. The van der Waals surface area contributed by atoms with Gasteiger partial charge in [-0.05, 0) is 103 Å². The Balaban J connectivity index is 1.26. The molecule has 0 heterocycles. The van der Waals surface area contributed by atoms with Gasteiger partial charge < -0.3 is 4.90 Å². The van der Waals surface area contributed by atoms with Gasteiger partial charge in [0, 0.05) is 38.3 Å². The van der Waals surface area contributed by atoms with E-state index in [4.69, 9.17) is 0 Å². The largest absolute Gasteiger partial charge is 0.309 e. The van der Waals surface area contributed by atoms with Crippen molar-refractivity contribution in [2.45, 2.75) is 13.8 Å². The summed E-state index contributed by atoms with van der Waals surface area (Å²) in [6.07, 6.45) is 4.40. The van der Waals surface area contributed by atoms with Crippen LogP contribution in [0.15, 0.2) is 152 Å². The highest BCUT2D eigenvalue weighted by Gasteiger charge is 2.27. The predicted octanol–water partition coefficient (Wildman–Crippen LogP) is 14.3. The maximum atomic E-state index is 2.52. The van der Waals surface area contributed by atoms with Gasteiger partial charge in [-0.2, -0.15) is 0 Å². The van der Waals surface area contributed by atoms with Crippen LogP contribution in [-0.4, -0.2) is 0 Å². The lowest BCUT2D eigenvalue weighted by Crippen LogP contribution is -2.13. The smallest absolute Gasteiger partial charge is 0.0619 e. The van der Waals surface area contributed by atoms with Crippen LogP contribution in [0.1, 0.15) is 22.3 Å². The minimum Gasteiger partial charge on any atom is -0.309 e. The summed E-state index contributed by atoms with van der Waals surface area (Å²) in [6, 6.07) is 56.6. The van der Waals surface area contributed by atoms with E-state index < -0.39 is 0 Å². The number of hydrogen-bond acceptors (Lipinski definition) is 1.